The zero-order chi connectivity index (χ0) is 12.3. The van der Waals surface area contributed by atoms with Gasteiger partial charge in [0, 0.05) is 32.8 Å². The van der Waals surface area contributed by atoms with Gasteiger partial charge in [0.2, 0.25) is 5.95 Å². The Bertz CT molecular complexity index is 484. The number of imidazole rings is 1. The van der Waals surface area contributed by atoms with E-state index in [1.807, 2.05) is 20.2 Å². The molecule has 0 spiro atoms. The van der Waals surface area contributed by atoms with Crippen LogP contribution >= 0.6 is 0 Å². The lowest BCUT2D eigenvalue weighted by Crippen LogP contribution is -2.08. The average molecular weight is 234 g/mol. The Morgan fingerprint density at radius 3 is 2.88 bits per heavy atom. The van der Waals surface area contributed by atoms with Crippen LogP contribution in [0.4, 0.5) is 5.95 Å². The first-order valence-corrected chi connectivity index (χ1v) is 5.81. The number of rotatable bonds is 5. The molecule has 0 amide bonds. The molecule has 2 heterocycles. The van der Waals surface area contributed by atoms with Gasteiger partial charge in [-0.3, -0.25) is 4.68 Å². The fraction of sp³-hybridized carbons (Fsp3) is 0.545. The van der Waals surface area contributed by atoms with E-state index < -0.39 is 0 Å². The van der Waals surface area contributed by atoms with Crippen LogP contribution in [0, 0.1) is 6.92 Å². The minimum atomic E-state index is 0.815. The summed E-state index contributed by atoms with van der Waals surface area (Å²) in [6, 6.07) is 0. The second kappa shape index (κ2) is 4.99. The molecule has 0 aromatic carbocycles. The standard InChI is InChI=1S/C11H18N6/c1-4-12-11-14-9(2)7-17(11)6-5-10-13-8-16(3)15-10/h7-8H,4-6H2,1-3H3,(H,12,14). The fourth-order valence-electron chi connectivity index (χ4n) is 1.74. The van der Waals surface area contributed by atoms with Gasteiger partial charge >= 0.3 is 0 Å². The number of hydrogen-bond acceptors (Lipinski definition) is 4. The molecular weight excluding hydrogens is 216 g/mol. The molecule has 2 aromatic heterocycles. The van der Waals surface area contributed by atoms with Crippen molar-refractivity contribution >= 4 is 5.95 Å². The lowest BCUT2D eigenvalue weighted by molar-refractivity contribution is 0.662. The first kappa shape index (κ1) is 11.6. The highest BCUT2D eigenvalue weighted by atomic mass is 15.3. The minimum Gasteiger partial charge on any atom is -0.356 e. The van der Waals surface area contributed by atoms with Crippen LogP contribution in [0.1, 0.15) is 18.4 Å². The van der Waals surface area contributed by atoms with Crippen LogP contribution in [0.15, 0.2) is 12.5 Å². The molecule has 6 nitrogen and oxygen atoms in total. The lowest BCUT2D eigenvalue weighted by Gasteiger charge is -2.06. The molecule has 0 radical (unpaired) electrons. The quantitative estimate of drug-likeness (QED) is 0.838. The first-order chi connectivity index (χ1) is 8.19. The molecule has 6 heteroatoms. The Labute approximate surface area is 101 Å². The van der Waals surface area contributed by atoms with Crippen molar-refractivity contribution < 1.29 is 0 Å². The van der Waals surface area contributed by atoms with Gasteiger partial charge in [-0.1, -0.05) is 0 Å². The molecule has 0 aliphatic carbocycles. The van der Waals surface area contributed by atoms with Crippen molar-refractivity contribution in [3.63, 3.8) is 0 Å². The van der Waals surface area contributed by atoms with Crippen molar-refractivity contribution in [1.82, 2.24) is 24.3 Å². The number of aromatic nitrogens is 5. The van der Waals surface area contributed by atoms with Gasteiger partial charge in [0.25, 0.3) is 0 Å². The third kappa shape index (κ3) is 2.83. The summed E-state index contributed by atoms with van der Waals surface area (Å²) >= 11 is 0. The molecule has 0 saturated heterocycles. The summed E-state index contributed by atoms with van der Waals surface area (Å²) in [4.78, 5) is 8.63. The van der Waals surface area contributed by atoms with E-state index in [1.54, 1.807) is 11.0 Å². The summed E-state index contributed by atoms with van der Waals surface area (Å²) in [7, 11) is 1.88. The predicted octanol–water partition coefficient (Wildman–Crippen LogP) is 0.995. The van der Waals surface area contributed by atoms with Gasteiger partial charge in [0.1, 0.15) is 6.33 Å². The van der Waals surface area contributed by atoms with E-state index >= 15 is 0 Å². The van der Waals surface area contributed by atoms with Crippen molar-refractivity contribution in [2.75, 3.05) is 11.9 Å². The van der Waals surface area contributed by atoms with Gasteiger partial charge in [-0.15, -0.1) is 0 Å². The van der Waals surface area contributed by atoms with Gasteiger partial charge in [-0.2, -0.15) is 5.10 Å². The number of nitrogens with zero attached hydrogens (tertiary/aromatic N) is 5. The van der Waals surface area contributed by atoms with Crippen molar-refractivity contribution in [1.29, 1.82) is 0 Å². The van der Waals surface area contributed by atoms with E-state index in [0.717, 1.165) is 37.0 Å². The van der Waals surface area contributed by atoms with E-state index in [4.69, 9.17) is 0 Å². The van der Waals surface area contributed by atoms with Gasteiger partial charge in [-0.25, -0.2) is 9.97 Å². The molecule has 17 heavy (non-hydrogen) atoms. The van der Waals surface area contributed by atoms with Gasteiger partial charge in [-0.05, 0) is 13.8 Å². The molecule has 0 fully saturated rings. The SMILES string of the molecule is CCNc1nc(C)cn1CCc1ncn(C)n1. The van der Waals surface area contributed by atoms with Crippen LogP contribution in [0.3, 0.4) is 0 Å². The molecule has 2 aromatic rings. The van der Waals surface area contributed by atoms with E-state index in [0.29, 0.717) is 0 Å². The summed E-state index contributed by atoms with van der Waals surface area (Å²) < 4.78 is 3.83. The number of aryl methyl sites for hydroxylation is 4. The fourth-order valence-corrected chi connectivity index (χ4v) is 1.74. The first-order valence-electron chi connectivity index (χ1n) is 5.81. The van der Waals surface area contributed by atoms with E-state index in [2.05, 4.69) is 31.9 Å². The van der Waals surface area contributed by atoms with E-state index in [1.165, 1.54) is 0 Å². The van der Waals surface area contributed by atoms with Crippen LogP contribution in [-0.4, -0.2) is 30.9 Å². The minimum absolute atomic E-state index is 0.815. The van der Waals surface area contributed by atoms with Crippen LogP contribution in [0.2, 0.25) is 0 Å². The number of hydrogen-bond donors (Lipinski definition) is 1. The van der Waals surface area contributed by atoms with Gasteiger partial charge in [0.15, 0.2) is 5.82 Å². The molecule has 0 saturated carbocycles. The highest BCUT2D eigenvalue weighted by molar-refractivity contribution is 5.28. The van der Waals surface area contributed by atoms with Crippen LogP contribution in [0.25, 0.3) is 0 Å². The molecule has 0 bridgehead atoms. The summed E-state index contributed by atoms with van der Waals surface area (Å²) in [5.74, 6) is 1.78. The molecule has 2 rings (SSSR count). The maximum absolute atomic E-state index is 4.42. The Kier molecular flexibility index (Phi) is 3.41. The van der Waals surface area contributed by atoms with Crippen LogP contribution in [-0.2, 0) is 20.0 Å². The highest BCUT2D eigenvalue weighted by Gasteiger charge is 2.06. The zero-order valence-electron chi connectivity index (χ0n) is 10.5. The van der Waals surface area contributed by atoms with Crippen molar-refractivity contribution in [3.05, 3.63) is 24.0 Å². The molecule has 0 atom stereocenters. The molecule has 0 unspecified atom stereocenters. The summed E-state index contributed by atoms with van der Waals surface area (Å²) in [5, 5.41) is 7.50. The smallest absolute Gasteiger partial charge is 0.203 e. The Morgan fingerprint density at radius 1 is 1.41 bits per heavy atom. The average Bonchev–Trinajstić information content (AvgIpc) is 2.83. The van der Waals surface area contributed by atoms with E-state index in [-0.39, 0.29) is 0 Å². The van der Waals surface area contributed by atoms with Crippen molar-refractivity contribution in [3.8, 4) is 0 Å². The third-order valence-electron chi connectivity index (χ3n) is 2.46. The van der Waals surface area contributed by atoms with Crippen LogP contribution in [0.5, 0.6) is 0 Å². The summed E-state index contributed by atoms with van der Waals surface area (Å²) in [5.41, 5.74) is 1.02. The van der Waals surface area contributed by atoms with Gasteiger partial charge in [0.05, 0.1) is 5.69 Å². The highest BCUT2D eigenvalue weighted by Crippen LogP contribution is 2.09. The predicted molar refractivity (Wildman–Crippen MR) is 65.8 cm³/mol. The maximum atomic E-state index is 4.42. The normalized spacial score (nSPS) is 10.8. The topological polar surface area (TPSA) is 60.6 Å². The number of nitrogens with one attached hydrogen (secondary N) is 1. The molecule has 0 aliphatic heterocycles. The number of anilines is 1. The Hall–Kier alpha value is -1.85. The van der Waals surface area contributed by atoms with Crippen LogP contribution < -0.4 is 5.32 Å². The molecule has 0 aliphatic rings. The Balaban J connectivity index is 2.02. The van der Waals surface area contributed by atoms with Crippen molar-refractivity contribution in [2.45, 2.75) is 26.8 Å². The Morgan fingerprint density at radius 2 is 2.24 bits per heavy atom. The molecule has 92 valence electrons. The van der Waals surface area contributed by atoms with Gasteiger partial charge < -0.3 is 9.88 Å². The van der Waals surface area contributed by atoms with E-state index in [9.17, 15) is 0 Å². The second-order valence-corrected chi connectivity index (χ2v) is 4.01. The largest absolute Gasteiger partial charge is 0.356 e. The lowest BCUT2D eigenvalue weighted by atomic mass is 10.4. The molecule has 1 N–H and O–H groups in total. The monoisotopic (exact) mass is 234 g/mol. The molecular formula is C11H18N6. The third-order valence-corrected chi connectivity index (χ3v) is 2.46. The second-order valence-electron chi connectivity index (χ2n) is 4.01. The maximum Gasteiger partial charge on any atom is 0.203 e. The van der Waals surface area contributed by atoms with Crippen molar-refractivity contribution in [2.24, 2.45) is 7.05 Å². The zero-order valence-corrected chi connectivity index (χ0v) is 10.5. The summed E-state index contributed by atoms with van der Waals surface area (Å²) in [6.07, 6.45) is 4.58. The summed E-state index contributed by atoms with van der Waals surface area (Å²) in [6.45, 7) is 5.77.